The van der Waals surface area contributed by atoms with Crippen LogP contribution < -0.4 is 5.32 Å². The lowest BCUT2D eigenvalue weighted by Crippen LogP contribution is -2.48. The lowest BCUT2D eigenvalue weighted by Gasteiger charge is -2.28. The molecule has 0 aliphatic carbocycles. The van der Waals surface area contributed by atoms with Gasteiger partial charge in [-0.3, -0.25) is 0 Å². The van der Waals surface area contributed by atoms with Gasteiger partial charge in [0.25, 0.3) is 0 Å². The first-order chi connectivity index (χ1) is 9.52. The van der Waals surface area contributed by atoms with Crippen molar-refractivity contribution in [2.75, 3.05) is 25.1 Å². The first-order valence-electron chi connectivity index (χ1n) is 6.31. The summed E-state index contributed by atoms with van der Waals surface area (Å²) in [5.74, 6) is 0. The Morgan fingerprint density at radius 2 is 2.20 bits per heavy atom. The minimum atomic E-state index is -0.658. The van der Waals surface area contributed by atoms with Gasteiger partial charge in [-0.1, -0.05) is 23.2 Å². The van der Waals surface area contributed by atoms with Gasteiger partial charge in [0.15, 0.2) is 0 Å². The second-order valence-electron chi connectivity index (χ2n) is 4.52. The third kappa shape index (κ3) is 3.35. The number of nitrogens with zero attached hydrogens (tertiary/aromatic N) is 1. The zero-order valence-electron chi connectivity index (χ0n) is 11.0. The molecule has 0 aromatic heterocycles. The largest absolute Gasteiger partial charge is 0.388 e. The molecule has 0 unspecified atom stereocenters. The molecule has 110 valence electrons. The first kappa shape index (κ1) is 15.4. The van der Waals surface area contributed by atoms with Crippen LogP contribution in [0.5, 0.6) is 0 Å². The van der Waals surface area contributed by atoms with Crippen molar-refractivity contribution in [2.45, 2.75) is 19.1 Å². The standard InChI is InChI=1S/C13H16Cl2N2O3/c1-2-17(11-6-20-7-12(11)18)13(19)16-8-3-4-9(14)10(15)5-8/h3-5,11-12,18H,2,6-7H2,1H3,(H,16,19)/t11-,12-/m0/s1. The van der Waals surface area contributed by atoms with Gasteiger partial charge < -0.3 is 20.1 Å². The highest BCUT2D eigenvalue weighted by Crippen LogP contribution is 2.25. The lowest BCUT2D eigenvalue weighted by atomic mass is 10.2. The smallest absolute Gasteiger partial charge is 0.322 e. The maximum atomic E-state index is 12.2. The van der Waals surface area contributed by atoms with Crippen LogP contribution >= 0.6 is 23.2 Å². The molecular formula is C13H16Cl2N2O3. The number of hydrogen-bond donors (Lipinski definition) is 2. The molecule has 2 rings (SSSR count). The summed E-state index contributed by atoms with van der Waals surface area (Å²) >= 11 is 11.7. The van der Waals surface area contributed by atoms with E-state index in [1.807, 2.05) is 6.92 Å². The van der Waals surface area contributed by atoms with Crippen molar-refractivity contribution in [3.05, 3.63) is 28.2 Å². The molecule has 1 aromatic carbocycles. The number of carbonyl (C=O) groups excluding carboxylic acids is 1. The molecule has 2 N–H and O–H groups in total. The lowest BCUT2D eigenvalue weighted by molar-refractivity contribution is 0.1000. The van der Waals surface area contributed by atoms with E-state index in [1.54, 1.807) is 23.1 Å². The highest BCUT2D eigenvalue weighted by molar-refractivity contribution is 6.42. The Bertz CT molecular complexity index is 499. The van der Waals surface area contributed by atoms with Crippen LogP contribution in [0.4, 0.5) is 10.5 Å². The third-order valence-corrected chi connectivity index (χ3v) is 3.93. The first-order valence-corrected chi connectivity index (χ1v) is 7.07. The normalized spacial score (nSPS) is 21.8. The second-order valence-corrected chi connectivity index (χ2v) is 5.33. The average Bonchev–Trinajstić information content (AvgIpc) is 2.81. The van der Waals surface area contributed by atoms with Crippen LogP contribution in [-0.2, 0) is 4.74 Å². The number of ether oxygens (including phenoxy) is 1. The number of rotatable bonds is 3. The zero-order valence-corrected chi connectivity index (χ0v) is 12.5. The topological polar surface area (TPSA) is 61.8 Å². The highest BCUT2D eigenvalue weighted by atomic mass is 35.5. The molecule has 1 fully saturated rings. The van der Waals surface area contributed by atoms with Crippen molar-refractivity contribution in [3.8, 4) is 0 Å². The Labute approximate surface area is 127 Å². The van der Waals surface area contributed by atoms with Crippen LogP contribution in [0, 0.1) is 0 Å². The highest BCUT2D eigenvalue weighted by Gasteiger charge is 2.33. The van der Waals surface area contributed by atoms with E-state index < -0.39 is 6.10 Å². The molecule has 0 radical (unpaired) electrons. The van der Waals surface area contributed by atoms with E-state index in [4.69, 9.17) is 27.9 Å². The monoisotopic (exact) mass is 318 g/mol. The summed E-state index contributed by atoms with van der Waals surface area (Å²) in [6.07, 6.45) is -0.658. The van der Waals surface area contributed by atoms with E-state index in [0.29, 0.717) is 28.9 Å². The minimum absolute atomic E-state index is 0.251. The van der Waals surface area contributed by atoms with Gasteiger partial charge in [-0.15, -0.1) is 0 Å². The van der Waals surface area contributed by atoms with Crippen LogP contribution in [0.25, 0.3) is 0 Å². The summed E-state index contributed by atoms with van der Waals surface area (Å²) in [6.45, 7) is 2.91. The van der Waals surface area contributed by atoms with E-state index >= 15 is 0 Å². The Morgan fingerprint density at radius 1 is 1.45 bits per heavy atom. The molecule has 1 saturated heterocycles. The minimum Gasteiger partial charge on any atom is -0.388 e. The van der Waals surface area contributed by atoms with Crippen molar-refractivity contribution in [3.63, 3.8) is 0 Å². The molecule has 20 heavy (non-hydrogen) atoms. The number of anilines is 1. The summed E-state index contributed by atoms with van der Waals surface area (Å²) < 4.78 is 5.18. The fourth-order valence-corrected chi connectivity index (χ4v) is 2.43. The molecular weight excluding hydrogens is 303 g/mol. The molecule has 7 heteroatoms. The van der Waals surface area contributed by atoms with Crippen LogP contribution in [0.1, 0.15) is 6.92 Å². The van der Waals surface area contributed by atoms with Gasteiger partial charge >= 0.3 is 6.03 Å². The summed E-state index contributed by atoms with van der Waals surface area (Å²) in [6, 6.07) is 4.23. The van der Waals surface area contributed by atoms with Crippen molar-refractivity contribution < 1.29 is 14.6 Å². The predicted molar refractivity (Wildman–Crippen MR) is 78.5 cm³/mol. The van der Waals surface area contributed by atoms with Crippen LogP contribution in [0.3, 0.4) is 0 Å². The molecule has 0 bridgehead atoms. The number of aliphatic hydroxyl groups is 1. The predicted octanol–water partition coefficient (Wildman–Crippen LogP) is 2.61. The molecule has 1 aliphatic rings. The zero-order chi connectivity index (χ0) is 14.7. The number of likely N-dealkylation sites (N-methyl/N-ethyl adjacent to an activating group) is 1. The van der Waals surface area contributed by atoms with Crippen molar-refractivity contribution >= 4 is 34.9 Å². The van der Waals surface area contributed by atoms with Crippen molar-refractivity contribution in [2.24, 2.45) is 0 Å². The Morgan fingerprint density at radius 3 is 2.75 bits per heavy atom. The SMILES string of the molecule is CCN(C(=O)Nc1ccc(Cl)c(Cl)c1)[C@H]1COC[C@@H]1O. The Kier molecular flexibility index (Phi) is 5.10. The second kappa shape index (κ2) is 6.63. The third-order valence-electron chi connectivity index (χ3n) is 3.19. The van der Waals surface area contributed by atoms with Gasteiger partial charge in [-0.2, -0.15) is 0 Å². The summed E-state index contributed by atoms with van der Waals surface area (Å²) in [5, 5.41) is 13.3. The van der Waals surface area contributed by atoms with E-state index in [-0.39, 0.29) is 18.7 Å². The van der Waals surface area contributed by atoms with E-state index in [2.05, 4.69) is 5.32 Å². The van der Waals surface area contributed by atoms with E-state index in [1.165, 1.54) is 0 Å². The fourth-order valence-electron chi connectivity index (χ4n) is 2.13. The number of nitrogens with one attached hydrogen (secondary N) is 1. The number of carbonyl (C=O) groups is 1. The Balaban J connectivity index is 2.07. The Hall–Kier alpha value is -1.01. The quantitative estimate of drug-likeness (QED) is 0.900. The molecule has 1 aliphatic heterocycles. The van der Waals surface area contributed by atoms with Gasteiger partial charge in [-0.25, -0.2) is 4.79 Å². The van der Waals surface area contributed by atoms with Crippen molar-refractivity contribution in [1.29, 1.82) is 0 Å². The number of benzene rings is 1. The van der Waals surface area contributed by atoms with Gasteiger partial charge in [0.1, 0.15) is 0 Å². The fraction of sp³-hybridized carbons (Fsp3) is 0.462. The molecule has 0 saturated carbocycles. The van der Waals surface area contributed by atoms with Gasteiger partial charge in [0, 0.05) is 12.2 Å². The number of halogens is 2. The maximum absolute atomic E-state index is 12.2. The number of urea groups is 1. The average molecular weight is 319 g/mol. The van der Waals surface area contributed by atoms with Crippen LogP contribution in [-0.4, -0.2) is 47.9 Å². The van der Waals surface area contributed by atoms with Crippen LogP contribution in [0.15, 0.2) is 18.2 Å². The number of amides is 2. The summed E-state index contributed by atoms with van der Waals surface area (Å²) in [7, 11) is 0. The summed E-state index contributed by atoms with van der Waals surface area (Å²) in [5.41, 5.74) is 0.552. The van der Waals surface area contributed by atoms with Gasteiger partial charge in [-0.05, 0) is 25.1 Å². The van der Waals surface area contributed by atoms with Crippen molar-refractivity contribution in [1.82, 2.24) is 4.90 Å². The number of hydrogen-bond acceptors (Lipinski definition) is 3. The maximum Gasteiger partial charge on any atom is 0.322 e. The summed E-state index contributed by atoms with van der Waals surface area (Å²) in [4.78, 5) is 13.8. The number of aliphatic hydroxyl groups excluding tert-OH is 1. The van der Waals surface area contributed by atoms with Gasteiger partial charge in [0.2, 0.25) is 0 Å². The molecule has 2 atom stereocenters. The molecule has 1 heterocycles. The van der Waals surface area contributed by atoms with Crippen LogP contribution in [0.2, 0.25) is 10.0 Å². The van der Waals surface area contributed by atoms with Gasteiger partial charge in [0.05, 0.1) is 35.4 Å². The van der Waals surface area contributed by atoms with E-state index in [0.717, 1.165) is 0 Å². The van der Waals surface area contributed by atoms with E-state index in [9.17, 15) is 9.90 Å². The molecule has 0 spiro atoms. The molecule has 2 amide bonds. The molecule has 1 aromatic rings. The molecule has 5 nitrogen and oxygen atoms in total.